The number of nitrogens with zero attached hydrogens (tertiary/aromatic N) is 2. The maximum absolute atomic E-state index is 11.1. The molecular formula is C14H15BrN4O. The molecule has 1 aromatic heterocycles. The minimum Gasteiger partial charge on any atom is -0.364 e. The Hall–Kier alpha value is -1.66. The summed E-state index contributed by atoms with van der Waals surface area (Å²) in [5.41, 5.74) is 7.57. The number of hydrogen-bond donors (Lipinski definition) is 2. The van der Waals surface area contributed by atoms with E-state index in [2.05, 4.69) is 38.5 Å². The third-order valence-corrected chi connectivity index (χ3v) is 3.91. The zero-order chi connectivity index (χ0) is 14.1. The van der Waals surface area contributed by atoms with Gasteiger partial charge >= 0.3 is 0 Å². The number of primary amides is 1. The van der Waals surface area contributed by atoms with Gasteiger partial charge in [-0.25, -0.2) is 4.68 Å². The summed E-state index contributed by atoms with van der Waals surface area (Å²) in [6.45, 7) is 0.870. The quantitative estimate of drug-likeness (QED) is 0.878. The molecule has 5 nitrogen and oxygen atoms in total. The van der Waals surface area contributed by atoms with Gasteiger partial charge in [0.15, 0.2) is 0 Å². The van der Waals surface area contributed by atoms with Crippen molar-refractivity contribution in [1.82, 2.24) is 15.1 Å². The van der Waals surface area contributed by atoms with E-state index in [0.717, 1.165) is 16.7 Å². The van der Waals surface area contributed by atoms with Crippen LogP contribution in [0, 0.1) is 0 Å². The second-order valence-corrected chi connectivity index (χ2v) is 5.81. The average Bonchev–Trinajstić information content (AvgIpc) is 3.11. The molecule has 0 spiro atoms. The first-order valence-electron chi connectivity index (χ1n) is 6.51. The molecule has 1 heterocycles. The van der Waals surface area contributed by atoms with Crippen LogP contribution in [0.4, 0.5) is 0 Å². The van der Waals surface area contributed by atoms with Crippen LogP contribution in [0.3, 0.4) is 0 Å². The van der Waals surface area contributed by atoms with E-state index in [-0.39, 0.29) is 5.69 Å². The Morgan fingerprint density at radius 3 is 2.85 bits per heavy atom. The molecule has 104 valence electrons. The molecule has 0 bridgehead atoms. The molecule has 1 amide bonds. The predicted molar refractivity (Wildman–Crippen MR) is 79.6 cm³/mol. The summed E-state index contributed by atoms with van der Waals surface area (Å²) < 4.78 is 2.58. The van der Waals surface area contributed by atoms with Gasteiger partial charge in [0.2, 0.25) is 0 Å². The van der Waals surface area contributed by atoms with E-state index in [1.807, 2.05) is 6.07 Å². The number of nitrogens with one attached hydrogen (secondary N) is 1. The van der Waals surface area contributed by atoms with Crippen molar-refractivity contribution < 1.29 is 4.79 Å². The van der Waals surface area contributed by atoms with Crippen molar-refractivity contribution in [2.45, 2.75) is 25.4 Å². The van der Waals surface area contributed by atoms with E-state index in [1.54, 1.807) is 16.9 Å². The lowest BCUT2D eigenvalue weighted by atomic mass is 10.2. The van der Waals surface area contributed by atoms with E-state index in [9.17, 15) is 4.79 Å². The first-order chi connectivity index (χ1) is 9.63. The fourth-order valence-corrected chi connectivity index (χ4v) is 2.59. The van der Waals surface area contributed by atoms with Gasteiger partial charge in [0.1, 0.15) is 5.69 Å². The van der Waals surface area contributed by atoms with Crippen molar-refractivity contribution >= 4 is 21.8 Å². The minimum absolute atomic E-state index is 0.261. The number of aromatic nitrogens is 2. The maximum atomic E-state index is 11.1. The molecule has 1 aliphatic carbocycles. The molecule has 1 aromatic carbocycles. The fourth-order valence-electron chi connectivity index (χ4n) is 1.99. The van der Waals surface area contributed by atoms with Crippen LogP contribution in [-0.2, 0) is 6.54 Å². The summed E-state index contributed by atoms with van der Waals surface area (Å²) in [6, 6.07) is 8.40. The van der Waals surface area contributed by atoms with Crippen molar-refractivity contribution in [3.63, 3.8) is 0 Å². The van der Waals surface area contributed by atoms with Crippen molar-refractivity contribution in [2.75, 3.05) is 0 Å². The highest BCUT2D eigenvalue weighted by atomic mass is 79.9. The largest absolute Gasteiger partial charge is 0.364 e. The molecule has 3 N–H and O–H groups in total. The Balaban J connectivity index is 1.79. The second kappa shape index (κ2) is 5.38. The van der Waals surface area contributed by atoms with Crippen LogP contribution in [0.1, 0.15) is 28.9 Å². The van der Waals surface area contributed by atoms with Gasteiger partial charge in [0.25, 0.3) is 5.91 Å². The van der Waals surface area contributed by atoms with Crippen LogP contribution in [0.25, 0.3) is 5.69 Å². The van der Waals surface area contributed by atoms with Crippen molar-refractivity contribution in [1.29, 1.82) is 0 Å². The smallest absolute Gasteiger partial charge is 0.269 e. The van der Waals surface area contributed by atoms with Crippen LogP contribution in [0.5, 0.6) is 0 Å². The highest BCUT2D eigenvalue weighted by Crippen LogP contribution is 2.24. The second-order valence-electron chi connectivity index (χ2n) is 4.95. The van der Waals surface area contributed by atoms with Crippen LogP contribution >= 0.6 is 15.9 Å². The molecule has 2 aromatic rings. The highest BCUT2D eigenvalue weighted by Gasteiger charge is 2.20. The number of benzene rings is 1. The van der Waals surface area contributed by atoms with E-state index < -0.39 is 5.91 Å². The van der Waals surface area contributed by atoms with Gasteiger partial charge < -0.3 is 11.1 Å². The van der Waals surface area contributed by atoms with E-state index >= 15 is 0 Å². The zero-order valence-corrected chi connectivity index (χ0v) is 12.4. The number of halogens is 1. The van der Waals surface area contributed by atoms with Crippen LogP contribution in [0.2, 0.25) is 0 Å². The summed E-state index contributed by atoms with van der Waals surface area (Å²) in [6.07, 6.45) is 4.28. The third kappa shape index (κ3) is 2.91. The number of carbonyl (C=O) groups is 1. The summed E-state index contributed by atoms with van der Waals surface area (Å²) >= 11 is 3.55. The first kappa shape index (κ1) is 13.3. The van der Waals surface area contributed by atoms with Gasteiger partial charge in [0.05, 0.1) is 5.69 Å². The summed E-state index contributed by atoms with van der Waals surface area (Å²) in [5, 5.41) is 7.63. The third-order valence-electron chi connectivity index (χ3n) is 3.27. The molecule has 0 atom stereocenters. The molecular weight excluding hydrogens is 320 g/mol. The number of carbonyl (C=O) groups excluding carboxylic acids is 1. The molecule has 3 rings (SSSR count). The number of hydrogen-bond acceptors (Lipinski definition) is 3. The normalized spacial score (nSPS) is 14.4. The van der Waals surface area contributed by atoms with Gasteiger partial charge in [-0.15, -0.1) is 0 Å². The Bertz CT molecular complexity index is 648. The van der Waals surface area contributed by atoms with Gasteiger partial charge in [-0.05, 0) is 52.5 Å². The zero-order valence-electron chi connectivity index (χ0n) is 10.8. The number of amides is 1. The molecule has 6 heteroatoms. The van der Waals surface area contributed by atoms with Crippen molar-refractivity contribution in [3.8, 4) is 5.69 Å². The lowest BCUT2D eigenvalue weighted by Gasteiger charge is -2.08. The molecule has 1 aliphatic rings. The fraction of sp³-hybridized carbons (Fsp3) is 0.286. The van der Waals surface area contributed by atoms with Gasteiger partial charge in [0, 0.05) is 23.3 Å². The Morgan fingerprint density at radius 2 is 2.25 bits per heavy atom. The lowest BCUT2D eigenvalue weighted by Crippen LogP contribution is -2.15. The van der Waals surface area contributed by atoms with Crippen molar-refractivity contribution in [3.05, 3.63) is 46.2 Å². The lowest BCUT2D eigenvalue weighted by molar-refractivity contribution is 0.0995. The van der Waals surface area contributed by atoms with E-state index in [1.165, 1.54) is 18.4 Å². The minimum atomic E-state index is -0.523. The van der Waals surface area contributed by atoms with Crippen LogP contribution < -0.4 is 11.1 Å². The van der Waals surface area contributed by atoms with E-state index in [0.29, 0.717) is 6.04 Å². The topological polar surface area (TPSA) is 72.9 Å². The number of nitrogens with two attached hydrogens (primary N) is 1. The SMILES string of the molecule is NC(=O)c1ccn(-c2ccc(CNC3CC3)cc2Br)n1. The monoisotopic (exact) mass is 334 g/mol. The average molecular weight is 335 g/mol. The molecule has 20 heavy (non-hydrogen) atoms. The highest BCUT2D eigenvalue weighted by molar-refractivity contribution is 9.10. The summed E-state index contributed by atoms with van der Waals surface area (Å²) in [7, 11) is 0. The molecule has 0 radical (unpaired) electrons. The molecule has 0 saturated heterocycles. The molecule has 1 fully saturated rings. The molecule has 1 saturated carbocycles. The van der Waals surface area contributed by atoms with Gasteiger partial charge in [-0.1, -0.05) is 6.07 Å². The van der Waals surface area contributed by atoms with Crippen LogP contribution in [0.15, 0.2) is 34.9 Å². The summed E-state index contributed by atoms with van der Waals surface area (Å²) in [5.74, 6) is -0.523. The van der Waals surface area contributed by atoms with E-state index in [4.69, 9.17) is 5.73 Å². The molecule has 0 aliphatic heterocycles. The molecule has 0 unspecified atom stereocenters. The predicted octanol–water partition coefficient (Wildman–Crippen LogP) is 1.99. The van der Waals surface area contributed by atoms with Gasteiger partial charge in [-0.2, -0.15) is 5.10 Å². The maximum Gasteiger partial charge on any atom is 0.269 e. The number of rotatable bonds is 5. The van der Waals surface area contributed by atoms with Crippen LogP contribution in [-0.4, -0.2) is 21.7 Å². The van der Waals surface area contributed by atoms with Crippen molar-refractivity contribution in [2.24, 2.45) is 5.73 Å². The Kier molecular flexibility index (Phi) is 3.58. The Morgan fingerprint density at radius 1 is 1.45 bits per heavy atom. The Labute approximate surface area is 125 Å². The van der Waals surface area contributed by atoms with Gasteiger partial charge in [-0.3, -0.25) is 4.79 Å². The summed E-state index contributed by atoms with van der Waals surface area (Å²) in [4.78, 5) is 11.1. The standard InChI is InChI=1S/C14H15BrN4O/c15-11-7-9(8-17-10-2-3-10)1-4-13(11)19-6-5-12(18-19)14(16)20/h1,4-7,10,17H,2-3,8H2,(H2,16,20). The first-order valence-corrected chi connectivity index (χ1v) is 7.30.